The summed E-state index contributed by atoms with van der Waals surface area (Å²) < 4.78 is 0. The molecular weight excluding hydrogens is 330 g/mol. The molecule has 0 radical (unpaired) electrons. The average molecular weight is 347 g/mol. The maximum atomic E-state index is 11.5. The lowest BCUT2D eigenvalue weighted by molar-refractivity contribution is -0.118. The molecule has 0 unspecified atom stereocenters. The van der Waals surface area contributed by atoms with E-state index in [0.717, 1.165) is 16.8 Å². The van der Waals surface area contributed by atoms with Crippen molar-refractivity contribution in [2.24, 2.45) is 0 Å². The fourth-order valence-corrected chi connectivity index (χ4v) is 2.77. The van der Waals surface area contributed by atoms with Crippen LogP contribution in [0.15, 0.2) is 29.6 Å². The van der Waals surface area contributed by atoms with Gasteiger partial charge in [-0.15, -0.1) is 11.3 Å². The molecule has 2 amide bonds. The molecule has 0 spiro atoms. The first-order valence-corrected chi connectivity index (χ1v) is 8.13. The van der Waals surface area contributed by atoms with E-state index in [1.165, 1.54) is 18.3 Å². The fraction of sp³-hybridized carbons (Fsp3) is 0.250. The molecule has 2 rings (SSSR count). The van der Waals surface area contributed by atoms with Crippen molar-refractivity contribution in [3.8, 4) is 11.3 Å². The van der Waals surface area contributed by atoms with Gasteiger partial charge in [-0.25, -0.2) is 9.78 Å². The molecule has 24 heavy (non-hydrogen) atoms. The number of thiazole rings is 1. The molecule has 0 saturated heterocycles. The van der Waals surface area contributed by atoms with Crippen molar-refractivity contribution in [1.29, 1.82) is 0 Å². The third kappa shape index (κ3) is 5.47. The van der Waals surface area contributed by atoms with Gasteiger partial charge in [-0.2, -0.15) is 0 Å². The molecule has 7 nitrogen and oxygen atoms in total. The van der Waals surface area contributed by atoms with E-state index in [9.17, 15) is 14.4 Å². The maximum absolute atomic E-state index is 11.5. The van der Waals surface area contributed by atoms with Gasteiger partial charge in [0.25, 0.3) is 0 Å². The van der Waals surface area contributed by atoms with Crippen LogP contribution in [0.25, 0.3) is 11.3 Å². The number of anilines is 1. The molecule has 0 atom stereocenters. The molecule has 3 N–H and O–H groups in total. The van der Waals surface area contributed by atoms with Gasteiger partial charge < -0.3 is 15.7 Å². The van der Waals surface area contributed by atoms with Gasteiger partial charge in [-0.1, -0.05) is 24.3 Å². The number of hydrogen-bond donors (Lipinski definition) is 3. The molecule has 1 heterocycles. The van der Waals surface area contributed by atoms with Crippen LogP contribution in [0.5, 0.6) is 0 Å². The molecule has 0 saturated carbocycles. The minimum absolute atomic E-state index is 0.152. The van der Waals surface area contributed by atoms with E-state index in [2.05, 4.69) is 15.6 Å². The van der Waals surface area contributed by atoms with Gasteiger partial charge in [0.15, 0.2) is 10.9 Å². The average Bonchev–Trinajstić information content (AvgIpc) is 2.99. The van der Waals surface area contributed by atoms with Crippen molar-refractivity contribution < 1.29 is 19.5 Å². The standard InChI is InChI=1S/C16H17N3O4S/c1-10(20)18-15-19-14(9-24-15)12-5-2-11(3-6-12)4-7-13(21)8-17-16(22)23/h2-3,5-6,9,17H,4,7-8H2,1H3,(H,22,23)(H,18,19,20). The van der Waals surface area contributed by atoms with Gasteiger partial charge in [-0.05, 0) is 12.0 Å². The summed E-state index contributed by atoms with van der Waals surface area (Å²) in [7, 11) is 0. The highest BCUT2D eigenvalue weighted by atomic mass is 32.1. The Morgan fingerprint density at radius 1 is 1.21 bits per heavy atom. The number of carboxylic acid groups (broad SMARTS) is 1. The largest absolute Gasteiger partial charge is 0.465 e. The number of hydrogen-bond acceptors (Lipinski definition) is 5. The zero-order chi connectivity index (χ0) is 17.5. The summed E-state index contributed by atoms with van der Waals surface area (Å²) in [5.41, 5.74) is 2.68. The number of carbonyl (C=O) groups excluding carboxylic acids is 2. The van der Waals surface area contributed by atoms with E-state index >= 15 is 0 Å². The van der Waals surface area contributed by atoms with Crippen LogP contribution in [0.4, 0.5) is 9.93 Å². The predicted molar refractivity (Wildman–Crippen MR) is 91.2 cm³/mol. The van der Waals surface area contributed by atoms with Gasteiger partial charge in [-0.3, -0.25) is 9.59 Å². The van der Waals surface area contributed by atoms with Gasteiger partial charge in [0.1, 0.15) is 0 Å². The minimum atomic E-state index is -1.20. The first-order valence-electron chi connectivity index (χ1n) is 7.25. The van der Waals surface area contributed by atoms with Crippen molar-refractivity contribution in [2.75, 3.05) is 11.9 Å². The van der Waals surface area contributed by atoms with E-state index in [-0.39, 0.29) is 24.7 Å². The Labute approximate surface area is 142 Å². The Kier molecular flexibility index (Phi) is 6.02. The molecule has 126 valence electrons. The summed E-state index contributed by atoms with van der Waals surface area (Å²) in [5.74, 6) is -0.311. The zero-order valence-electron chi connectivity index (χ0n) is 13.0. The summed E-state index contributed by atoms with van der Waals surface area (Å²) in [6.07, 6.45) is -0.368. The number of benzene rings is 1. The molecular formula is C16H17N3O4S. The molecule has 8 heteroatoms. The summed E-state index contributed by atoms with van der Waals surface area (Å²) in [6, 6.07) is 7.62. The summed E-state index contributed by atoms with van der Waals surface area (Å²) in [5, 5.41) is 15.6. The lowest BCUT2D eigenvalue weighted by Crippen LogP contribution is -2.27. The Bertz CT molecular complexity index is 740. The number of nitrogens with one attached hydrogen (secondary N) is 2. The monoisotopic (exact) mass is 347 g/mol. The second-order valence-electron chi connectivity index (χ2n) is 5.11. The quantitative estimate of drug-likeness (QED) is 0.713. The second kappa shape index (κ2) is 8.21. The summed E-state index contributed by atoms with van der Waals surface area (Å²) >= 11 is 1.36. The van der Waals surface area contributed by atoms with Gasteiger partial charge >= 0.3 is 6.09 Å². The van der Waals surface area contributed by atoms with Crippen molar-refractivity contribution in [3.05, 3.63) is 35.2 Å². The minimum Gasteiger partial charge on any atom is -0.465 e. The molecule has 0 aliphatic rings. The Morgan fingerprint density at radius 3 is 2.54 bits per heavy atom. The van der Waals surface area contributed by atoms with Crippen LogP contribution in [0, 0.1) is 0 Å². The van der Waals surface area contributed by atoms with Crippen molar-refractivity contribution in [3.63, 3.8) is 0 Å². The topological polar surface area (TPSA) is 108 Å². The highest BCUT2D eigenvalue weighted by Crippen LogP contribution is 2.25. The van der Waals surface area contributed by atoms with Gasteiger partial charge in [0.2, 0.25) is 5.91 Å². The number of Topliss-reactive ketones (excluding diaryl/α,β-unsaturated/α-hetero) is 1. The number of rotatable bonds is 7. The summed E-state index contributed by atoms with van der Waals surface area (Å²) in [4.78, 5) is 37.2. The van der Waals surface area contributed by atoms with Gasteiger partial charge in [0.05, 0.1) is 12.2 Å². The normalized spacial score (nSPS) is 10.2. The molecule has 0 aliphatic carbocycles. The van der Waals surface area contributed by atoms with E-state index in [4.69, 9.17) is 5.11 Å². The van der Waals surface area contributed by atoms with Crippen molar-refractivity contribution in [1.82, 2.24) is 10.3 Å². The molecule has 0 fully saturated rings. The number of carbonyl (C=O) groups is 3. The van der Waals surface area contributed by atoms with Crippen LogP contribution in [0.2, 0.25) is 0 Å². The Morgan fingerprint density at radius 2 is 1.92 bits per heavy atom. The van der Waals surface area contributed by atoms with Gasteiger partial charge in [0, 0.05) is 24.3 Å². The van der Waals surface area contributed by atoms with Crippen LogP contribution in [-0.2, 0) is 16.0 Å². The number of amides is 2. The predicted octanol–water partition coefficient (Wildman–Crippen LogP) is 2.54. The third-order valence-electron chi connectivity index (χ3n) is 3.17. The van der Waals surface area contributed by atoms with E-state index < -0.39 is 6.09 Å². The number of ketones is 1. The second-order valence-corrected chi connectivity index (χ2v) is 5.97. The number of aromatic nitrogens is 1. The number of nitrogens with zero attached hydrogens (tertiary/aromatic N) is 1. The van der Waals surface area contributed by atoms with Crippen LogP contribution in [0.3, 0.4) is 0 Å². The molecule has 2 aromatic rings. The maximum Gasteiger partial charge on any atom is 0.405 e. The smallest absolute Gasteiger partial charge is 0.405 e. The van der Waals surface area contributed by atoms with Crippen LogP contribution < -0.4 is 10.6 Å². The molecule has 1 aromatic heterocycles. The van der Waals surface area contributed by atoms with E-state index in [1.807, 2.05) is 29.6 Å². The molecule has 0 aliphatic heterocycles. The third-order valence-corrected chi connectivity index (χ3v) is 3.92. The van der Waals surface area contributed by atoms with E-state index in [0.29, 0.717) is 11.6 Å². The van der Waals surface area contributed by atoms with Crippen LogP contribution >= 0.6 is 11.3 Å². The Balaban J connectivity index is 1.90. The molecule has 0 bridgehead atoms. The first-order chi connectivity index (χ1) is 11.4. The van der Waals surface area contributed by atoms with Crippen molar-refractivity contribution >= 4 is 34.3 Å². The van der Waals surface area contributed by atoms with Crippen LogP contribution in [0.1, 0.15) is 18.9 Å². The van der Waals surface area contributed by atoms with Crippen molar-refractivity contribution in [2.45, 2.75) is 19.8 Å². The lowest BCUT2D eigenvalue weighted by atomic mass is 10.0. The SMILES string of the molecule is CC(=O)Nc1nc(-c2ccc(CCC(=O)CNC(=O)O)cc2)cs1. The fourth-order valence-electron chi connectivity index (χ4n) is 2.00. The highest BCUT2D eigenvalue weighted by molar-refractivity contribution is 7.14. The Hall–Kier alpha value is -2.74. The highest BCUT2D eigenvalue weighted by Gasteiger charge is 2.07. The lowest BCUT2D eigenvalue weighted by Gasteiger charge is -2.03. The number of aryl methyl sites for hydroxylation is 1. The summed E-state index contributed by atoms with van der Waals surface area (Å²) in [6.45, 7) is 1.27. The van der Waals surface area contributed by atoms with Crippen LogP contribution in [-0.4, -0.2) is 34.4 Å². The first kappa shape index (κ1) is 17.6. The zero-order valence-corrected chi connectivity index (χ0v) is 13.9. The molecule has 1 aromatic carbocycles. The van der Waals surface area contributed by atoms with E-state index in [1.54, 1.807) is 0 Å².